The van der Waals surface area contributed by atoms with Crippen LogP contribution >= 0.6 is 0 Å². The molecule has 27 heavy (non-hydrogen) atoms. The lowest BCUT2D eigenvalue weighted by Crippen LogP contribution is -2.22. The third kappa shape index (κ3) is 4.65. The van der Waals surface area contributed by atoms with E-state index in [0.717, 1.165) is 0 Å². The molecule has 2 rings (SSSR count). The molecule has 0 spiro atoms. The van der Waals surface area contributed by atoms with Crippen LogP contribution in [0.4, 0.5) is 5.69 Å². The van der Waals surface area contributed by atoms with Crippen molar-refractivity contribution in [2.45, 2.75) is 11.8 Å². The molecule has 0 saturated heterocycles. The molecule has 8 heteroatoms. The third-order valence-electron chi connectivity index (χ3n) is 3.96. The van der Waals surface area contributed by atoms with Gasteiger partial charge in [0.1, 0.15) is 5.75 Å². The van der Waals surface area contributed by atoms with Crippen molar-refractivity contribution in [3.63, 3.8) is 0 Å². The summed E-state index contributed by atoms with van der Waals surface area (Å²) in [4.78, 5) is 26.2. The topological polar surface area (TPSA) is 92.8 Å². The molecule has 0 radical (unpaired) electrons. The molecule has 2 aromatic rings. The second kappa shape index (κ2) is 8.22. The Morgan fingerprint density at radius 2 is 1.63 bits per heavy atom. The summed E-state index contributed by atoms with van der Waals surface area (Å²) >= 11 is 0. The predicted molar refractivity (Wildman–Crippen MR) is 103 cm³/mol. The van der Waals surface area contributed by atoms with Crippen LogP contribution in [0.2, 0.25) is 0 Å². The minimum absolute atomic E-state index is 0.0115. The Bertz CT molecular complexity index is 951. The van der Waals surface area contributed by atoms with Crippen LogP contribution in [-0.2, 0) is 9.84 Å². The minimum Gasteiger partial charge on any atom is -0.495 e. The molecule has 0 heterocycles. The number of nitrogens with zero attached hydrogens (tertiary/aromatic N) is 1. The fourth-order valence-electron chi connectivity index (χ4n) is 2.37. The van der Waals surface area contributed by atoms with E-state index < -0.39 is 15.7 Å². The van der Waals surface area contributed by atoms with Crippen LogP contribution < -0.4 is 10.1 Å². The lowest BCUT2D eigenvalue weighted by Gasteiger charge is -2.14. The molecule has 0 unspecified atom stereocenters. The van der Waals surface area contributed by atoms with Gasteiger partial charge in [-0.3, -0.25) is 9.59 Å². The summed E-state index contributed by atoms with van der Waals surface area (Å²) in [6.07, 6.45) is 0. The van der Waals surface area contributed by atoms with Gasteiger partial charge in [0.2, 0.25) is 0 Å². The maximum Gasteiger partial charge on any atom is 0.255 e. The highest BCUT2D eigenvalue weighted by atomic mass is 32.2. The number of amides is 2. The highest BCUT2D eigenvalue weighted by Crippen LogP contribution is 2.26. The summed E-state index contributed by atoms with van der Waals surface area (Å²) in [5, 5.41) is 2.70. The fraction of sp³-hybridized carbons (Fsp3) is 0.263. The van der Waals surface area contributed by atoms with E-state index >= 15 is 0 Å². The molecular weight excluding hydrogens is 368 g/mol. The van der Waals surface area contributed by atoms with Gasteiger partial charge in [0.15, 0.2) is 9.84 Å². The average molecular weight is 390 g/mol. The Balaban J connectivity index is 2.29. The van der Waals surface area contributed by atoms with E-state index in [1.807, 2.05) is 0 Å². The van der Waals surface area contributed by atoms with Crippen LogP contribution in [0.1, 0.15) is 27.6 Å². The Hall–Kier alpha value is -2.87. The van der Waals surface area contributed by atoms with Crippen LogP contribution in [0.5, 0.6) is 5.75 Å². The molecule has 2 aromatic carbocycles. The number of nitrogens with one attached hydrogen (secondary N) is 1. The number of hydrogen-bond acceptors (Lipinski definition) is 5. The number of methoxy groups -OCH3 is 1. The van der Waals surface area contributed by atoms with Crippen molar-refractivity contribution in [3.05, 3.63) is 53.6 Å². The number of sulfone groups is 1. The van der Waals surface area contributed by atoms with Crippen LogP contribution in [0, 0.1) is 0 Å². The number of ether oxygens (including phenoxy) is 1. The van der Waals surface area contributed by atoms with Crippen molar-refractivity contribution >= 4 is 27.3 Å². The van der Waals surface area contributed by atoms with Crippen molar-refractivity contribution in [1.29, 1.82) is 0 Å². The molecule has 0 atom stereocenters. The van der Waals surface area contributed by atoms with Crippen molar-refractivity contribution < 1.29 is 22.7 Å². The molecule has 0 saturated carbocycles. The first-order chi connectivity index (χ1) is 12.7. The second-order valence-corrected chi connectivity index (χ2v) is 8.27. The summed E-state index contributed by atoms with van der Waals surface area (Å²) in [5.41, 5.74) is 1.04. The van der Waals surface area contributed by atoms with Crippen LogP contribution in [0.25, 0.3) is 0 Å². The monoisotopic (exact) mass is 390 g/mol. The van der Waals surface area contributed by atoms with Gasteiger partial charge >= 0.3 is 0 Å². The van der Waals surface area contributed by atoms with Crippen molar-refractivity contribution in [2.75, 3.05) is 32.3 Å². The number of carbonyl (C=O) groups is 2. The highest BCUT2D eigenvalue weighted by Gasteiger charge is 2.16. The summed E-state index contributed by atoms with van der Waals surface area (Å²) in [6, 6.07) is 10.4. The van der Waals surface area contributed by atoms with Gasteiger partial charge in [-0.25, -0.2) is 8.42 Å². The van der Waals surface area contributed by atoms with Gasteiger partial charge in [-0.15, -0.1) is 0 Å². The fourth-order valence-corrected chi connectivity index (χ4v) is 3.26. The molecule has 2 amide bonds. The maximum atomic E-state index is 12.5. The quantitative estimate of drug-likeness (QED) is 0.818. The molecular formula is C19H22N2O5S. The number of carbonyl (C=O) groups excluding carboxylic acids is 2. The molecule has 0 bridgehead atoms. The van der Waals surface area contributed by atoms with Crippen LogP contribution in [0.15, 0.2) is 47.4 Å². The van der Waals surface area contributed by atoms with Crippen LogP contribution in [-0.4, -0.2) is 52.1 Å². The van der Waals surface area contributed by atoms with Crippen molar-refractivity contribution in [3.8, 4) is 5.75 Å². The number of anilines is 1. The number of benzene rings is 2. The van der Waals surface area contributed by atoms with E-state index in [-0.39, 0.29) is 22.1 Å². The van der Waals surface area contributed by atoms with E-state index in [1.54, 1.807) is 33.2 Å². The zero-order valence-electron chi connectivity index (χ0n) is 15.6. The van der Waals surface area contributed by atoms with E-state index in [0.29, 0.717) is 17.0 Å². The first-order valence-electron chi connectivity index (χ1n) is 8.23. The van der Waals surface area contributed by atoms with Gasteiger partial charge < -0.3 is 15.0 Å². The van der Waals surface area contributed by atoms with Gasteiger partial charge in [-0.1, -0.05) is 6.92 Å². The smallest absolute Gasteiger partial charge is 0.255 e. The lowest BCUT2D eigenvalue weighted by atomic mass is 10.1. The molecule has 1 N–H and O–H groups in total. The highest BCUT2D eigenvalue weighted by molar-refractivity contribution is 7.91. The first-order valence-corrected chi connectivity index (χ1v) is 9.88. The van der Waals surface area contributed by atoms with E-state index in [2.05, 4.69) is 5.32 Å². The molecule has 144 valence electrons. The van der Waals surface area contributed by atoms with E-state index in [1.165, 1.54) is 42.3 Å². The molecule has 0 aromatic heterocycles. The standard InChI is InChI=1S/C19H22N2O5S/c1-5-27(24,25)15-9-6-13(7-10-15)18(22)20-16-12-14(19(23)21(2)3)8-11-17(16)26-4/h6-12H,5H2,1-4H3,(H,20,22). The lowest BCUT2D eigenvalue weighted by molar-refractivity contribution is 0.0827. The van der Waals surface area contributed by atoms with Crippen molar-refractivity contribution in [2.24, 2.45) is 0 Å². The zero-order chi connectivity index (χ0) is 20.2. The Labute approximate surface area is 158 Å². The third-order valence-corrected chi connectivity index (χ3v) is 5.71. The van der Waals surface area contributed by atoms with Gasteiger partial charge in [-0.05, 0) is 42.5 Å². The molecule has 0 aliphatic carbocycles. The molecule has 7 nitrogen and oxygen atoms in total. The largest absolute Gasteiger partial charge is 0.495 e. The minimum atomic E-state index is -3.33. The SMILES string of the molecule is CCS(=O)(=O)c1ccc(C(=O)Nc2cc(C(=O)N(C)C)ccc2OC)cc1. The van der Waals surface area contributed by atoms with Gasteiger partial charge in [0, 0.05) is 25.2 Å². The molecule has 0 aliphatic heterocycles. The summed E-state index contributed by atoms with van der Waals surface area (Å²) < 4.78 is 29.0. The summed E-state index contributed by atoms with van der Waals surface area (Å²) in [5.74, 6) is -0.253. The predicted octanol–water partition coefficient (Wildman–Crippen LogP) is 2.44. The maximum absolute atomic E-state index is 12.5. The second-order valence-electron chi connectivity index (χ2n) is 6.00. The Kier molecular flexibility index (Phi) is 6.22. The number of hydrogen-bond donors (Lipinski definition) is 1. The molecule has 0 fully saturated rings. The summed E-state index contributed by atoms with van der Waals surface area (Å²) in [6.45, 7) is 1.56. The van der Waals surface area contributed by atoms with Crippen molar-refractivity contribution in [1.82, 2.24) is 4.90 Å². The Morgan fingerprint density at radius 1 is 1.04 bits per heavy atom. The average Bonchev–Trinajstić information content (AvgIpc) is 2.67. The summed E-state index contributed by atoms with van der Waals surface area (Å²) in [7, 11) is 1.41. The Morgan fingerprint density at radius 3 is 2.15 bits per heavy atom. The van der Waals surface area contributed by atoms with Gasteiger partial charge in [0.25, 0.3) is 11.8 Å². The van der Waals surface area contributed by atoms with Crippen LogP contribution in [0.3, 0.4) is 0 Å². The number of rotatable bonds is 6. The van der Waals surface area contributed by atoms with Gasteiger partial charge in [0.05, 0.1) is 23.4 Å². The van der Waals surface area contributed by atoms with E-state index in [4.69, 9.17) is 4.74 Å². The van der Waals surface area contributed by atoms with E-state index in [9.17, 15) is 18.0 Å². The zero-order valence-corrected chi connectivity index (χ0v) is 16.5. The van der Waals surface area contributed by atoms with Gasteiger partial charge in [-0.2, -0.15) is 0 Å². The normalized spacial score (nSPS) is 11.0. The first kappa shape index (κ1) is 20.4. The molecule has 0 aliphatic rings.